The van der Waals surface area contributed by atoms with Crippen LogP contribution in [0.3, 0.4) is 0 Å². The maximum absolute atomic E-state index is 13.0. The predicted molar refractivity (Wildman–Crippen MR) is 100 cm³/mol. The van der Waals surface area contributed by atoms with Crippen molar-refractivity contribution in [1.82, 2.24) is 15.0 Å². The Kier molecular flexibility index (Phi) is 6.14. The van der Waals surface area contributed by atoms with Crippen molar-refractivity contribution >= 4 is 12.1 Å². The Hall–Kier alpha value is -2.97. The third kappa shape index (κ3) is 5.75. The molecule has 0 spiro atoms. The maximum atomic E-state index is 13.0. The van der Waals surface area contributed by atoms with Crippen LogP contribution in [0.4, 0.5) is 9.18 Å². The first-order valence-corrected chi connectivity index (χ1v) is 9.44. The lowest BCUT2D eigenvalue weighted by Gasteiger charge is -2.33. The highest BCUT2D eigenvalue weighted by Gasteiger charge is 2.32. The van der Waals surface area contributed by atoms with Gasteiger partial charge in [-0.3, -0.25) is 4.79 Å². The molecule has 9 heteroatoms. The number of nitrogens with zero attached hydrogens (tertiary/aromatic N) is 3. The van der Waals surface area contributed by atoms with E-state index in [4.69, 9.17) is 14.0 Å². The van der Waals surface area contributed by atoms with Crippen LogP contribution in [-0.2, 0) is 20.9 Å². The molecule has 2 aromatic rings. The van der Waals surface area contributed by atoms with Crippen LogP contribution in [0.5, 0.6) is 0 Å². The van der Waals surface area contributed by atoms with Gasteiger partial charge in [0.05, 0.1) is 5.92 Å². The lowest BCUT2D eigenvalue weighted by atomic mass is 9.98. The maximum Gasteiger partial charge on any atom is 0.410 e. The highest BCUT2D eigenvalue weighted by molar-refractivity contribution is 5.75. The van der Waals surface area contributed by atoms with Gasteiger partial charge in [0.25, 0.3) is 5.89 Å². The molecular weight excluding hydrogens is 381 g/mol. The summed E-state index contributed by atoms with van der Waals surface area (Å²) in [5.41, 5.74) is -0.00179. The number of benzene rings is 1. The number of rotatable bonds is 4. The molecule has 1 fully saturated rings. The first-order chi connectivity index (χ1) is 13.7. The fourth-order valence-electron chi connectivity index (χ4n) is 2.94. The van der Waals surface area contributed by atoms with E-state index >= 15 is 0 Å². The standard InChI is InChI=1S/C20H24FN3O5/c1-20(2,3)28-19(26)24-10-4-5-14(11-24)18(25)27-12-16-22-17(23-29-16)13-6-8-15(21)9-7-13/h6-9,14H,4-5,10-12H2,1-3H3/t14-/m0/s1. The molecule has 0 aliphatic carbocycles. The van der Waals surface area contributed by atoms with Crippen molar-refractivity contribution < 1.29 is 28.0 Å². The molecule has 2 heterocycles. The van der Waals surface area contributed by atoms with Crippen LogP contribution < -0.4 is 0 Å². The van der Waals surface area contributed by atoms with Gasteiger partial charge in [0.1, 0.15) is 11.4 Å². The van der Waals surface area contributed by atoms with Crippen LogP contribution in [0.2, 0.25) is 0 Å². The van der Waals surface area contributed by atoms with Crippen LogP contribution in [0.1, 0.15) is 39.5 Å². The van der Waals surface area contributed by atoms with E-state index in [1.807, 2.05) is 0 Å². The second-order valence-corrected chi connectivity index (χ2v) is 7.89. The van der Waals surface area contributed by atoms with E-state index in [1.54, 1.807) is 20.8 Å². The molecule has 3 rings (SSSR count). The van der Waals surface area contributed by atoms with Gasteiger partial charge in [-0.1, -0.05) is 5.16 Å². The molecule has 1 amide bonds. The van der Waals surface area contributed by atoms with Gasteiger partial charge < -0.3 is 18.9 Å². The highest BCUT2D eigenvalue weighted by atomic mass is 19.1. The van der Waals surface area contributed by atoms with Crippen LogP contribution >= 0.6 is 0 Å². The van der Waals surface area contributed by atoms with Crippen molar-refractivity contribution in [3.8, 4) is 11.4 Å². The van der Waals surface area contributed by atoms with Crippen LogP contribution in [-0.4, -0.2) is 45.8 Å². The Morgan fingerprint density at radius 3 is 2.69 bits per heavy atom. The van der Waals surface area contributed by atoms with E-state index in [0.29, 0.717) is 24.9 Å². The van der Waals surface area contributed by atoms with E-state index in [0.717, 1.165) is 0 Å². The van der Waals surface area contributed by atoms with Gasteiger partial charge in [0.2, 0.25) is 5.82 Å². The SMILES string of the molecule is CC(C)(C)OC(=O)N1CCC[C@H](C(=O)OCc2nc(-c3ccc(F)cc3)no2)C1. The Labute approximate surface area is 168 Å². The zero-order valence-electron chi connectivity index (χ0n) is 16.7. The zero-order chi connectivity index (χ0) is 21.0. The Morgan fingerprint density at radius 2 is 2.00 bits per heavy atom. The van der Waals surface area contributed by atoms with Crippen LogP contribution in [0.25, 0.3) is 11.4 Å². The Bertz CT molecular complexity index is 860. The van der Waals surface area contributed by atoms with Crippen molar-refractivity contribution in [3.05, 3.63) is 36.0 Å². The average molecular weight is 405 g/mol. The van der Waals surface area contributed by atoms with Crippen molar-refractivity contribution in [2.24, 2.45) is 5.92 Å². The molecule has 1 atom stereocenters. The van der Waals surface area contributed by atoms with Crippen molar-refractivity contribution in [1.29, 1.82) is 0 Å². The number of halogens is 1. The lowest BCUT2D eigenvalue weighted by Crippen LogP contribution is -2.45. The molecule has 0 N–H and O–H groups in total. The lowest BCUT2D eigenvalue weighted by molar-refractivity contribution is -0.152. The van der Waals surface area contributed by atoms with Crippen LogP contribution in [0, 0.1) is 11.7 Å². The molecular formula is C20H24FN3O5. The average Bonchev–Trinajstić information content (AvgIpc) is 3.14. The second kappa shape index (κ2) is 8.59. The molecule has 29 heavy (non-hydrogen) atoms. The van der Waals surface area contributed by atoms with E-state index in [9.17, 15) is 14.0 Å². The quantitative estimate of drug-likeness (QED) is 0.718. The summed E-state index contributed by atoms with van der Waals surface area (Å²) in [6, 6.07) is 5.66. The number of esters is 1. The fourth-order valence-corrected chi connectivity index (χ4v) is 2.94. The number of carbonyl (C=O) groups excluding carboxylic acids is 2. The molecule has 0 unspecified atom stereocenters. The van der Waals surface area contributed by atoms with Gasteiger partial charge >= 0.3 is 12.1 Å². The second-order valence-electron chi connectivity index (χ2n) is 7.89. The topological polar surface area (TPSA) is 94.8 Å². The first kappa shape index (κ1) is 20.8. The van der Waals surface area contributed by atoms with Gasteiger partial charge in [-0.05, 0) is 57.9 Å². The Morgan fingerprint density at radius 1 is 1.28 bits per heavy atom. The molecule has 1 aromatic heterocycles. The minimum atomic E-state index is -0.593. The summed E-state index contributed by atoms with van der Waals surface area (Å²) in [7, 11) is 0. The predicted octanol–water partition coefficient (Wildman–Crippen LogP) is 3.57. The summed E-state index contributed by atoms with van der Waals surface area (Å²) in [4.78, 5) is 30.3. The highest BCUT2D eigenvalue weighted by Crippen LogP contribution is 2.21. The van der Waals surface area contributed by atoms with Gasteiger partial charge in [0, 0.05) is 18.7 Å². The molecule has 1 saturated heterocycles. The summed E-state index contributed by atoms with van der Waals surface area (Å²) in [6.45, 7) is 6.01. The molecule has 0 bridgehead atoms. The minimum absolute atomic E-state index is 0.137. The number of hydrogen-bond donors (Lipinski definition) is 0. The summed E-state index contributed by atoms with van der Waals surface area (Å²) in [6.07, 6.45) is 0.882. The number of aromatic nitrogens is 2. The number of amides is 1. The molecule has 8 nitrogen and oxygen atoms in total. The summed E-state index contributed by atoms with van der Waals surface area (Å²) in [5.74, 6) is -0.808. The molecule has 1 aliphatic rings. The normalized spacial score (nSPS) is 17.1. The van der Waals surface area contributed by atoms with E-state index < -0.39 is 23.6 Å². The van der Waals surface area contributed by atoms with Gasteiger partial charge in [0.15, 0.2) is 6.61 Å². The number of likely N-dealkylation sites (tertiary alicyclic amines) is 1. The molecule has 0 saturated carbocycles. The molecule has 1 aliphatic heterocycles. The van der Waals surface area contributed by atoms with E-state index in [2.05, 4.69) is 10.1 Å². The van der Waals surface area contributed by atoms with Crippen molar-refractivity contribution in [2.45, 2.75) is 45.8 Å². The summed E-state index contributed by atoms with van der Waals surface area (Å²) >= 11 is 0. The van der Waals surface area contributed by atoms with Gasteiger partial charge in [-0.15, -0.1) is 0 Å². The van der Waals surface area contributed by atoms with Gasteiger partial charge in [-0.2, -0.15) is 4.98 Å². The molecule has 0 radical (unpaired) electrons. The number of piperidine rings is 1. The molecule has 156 valence electrons. The van der Waals surface area contributed by atoms with Crippen LogP contribution in [0.15, 0.2) is 28.8 Å². The van der Waals surface area contributed by atoms with Crippen molar-refractivity contribution in [2.75, 3.05) is 13.1 Å². The van der Waals surface area contributed by atoms with E-state index in [-0.39, 0.29) is 30.7 Å². The fraction of sp³-hybridized carbons (Fsp3) is 0.500. The monoisotopic (exact) mass is 405 g/mol. The largest absolute Gasteiger partial charge is 0.455 e. The third-order valence-corrected chi connectivity index (χ3v) is 4.31. The Balaban J connectivity index is 1.53. The summed E-state index contributed by atoms with van der Waals surface area (Å²) < 4.78 is 28.7. The number of hydrogen-bond acceptors (Lipinski definition) is 7. The summed E-state index contributed by atoms with van der Waals surface area (Å²) in [5, 5.41) is 3.81. The van der Waals surface area contributed by atoms with Gasteiger partial charge in [-0.25, -0.2) is 9.18 Å². The molecule has 1 aromatic carbocycles. The minimum Gasteiger partial charge on any atom is -0.455 e. The van der Waals surface area contributed by atoms with E-state index in [1.165, 1.54) is 29.2 Å². The zero-order valence-corrected chi connectivity index (χ0v) is 16.7. The third-order valence-electron chi connectivity index (χ3n) is 4.31. The van der Waals surface area contributed by atoms with Crippen molar-refractivity contribution in [3.63, 3.8) is 0 Å². The number of carbonyl (C=O) groups is 2. The first-order valence-electron chi connectivity index (χ1n) is 9.44. The smallest absolute Gasteiger partial charge is 0.410 e. The number of ether oxygens (including phenoxy) is 2.